The molecule has 0 bridgehead atoms. The molecule has 1 aliphatic heterocycles. The van der Waals surface area contributed by atoms with Crippen molar-refractivity contribution in [2.75, 3.05) is 11.9 Å². The molecule has 8 nitrogen and oxygen atoms in total. The molecule has 3 N–H and O–H groups in total. The second-order valence-electron chi connectivity index (χ2n) is 9.33. The van der Waals surface area contributed by atoms with Gasteiger partial charge in [-0.25, -0.2) is 18.1 Å². The second-order valence-corrected chi connectivity index (χ2v) is 11.0. The molecule has 0 aliphatic carbocycles. The Bertz CT molecular complexity index is 1330. The Hall–Kier alpha value is -3.27. The van der Waals surface area contributed by atoms with Crippen molar-refractivity contribution in [2.24, 2.45) is 0 Å². The fourth-order valence-corrected chi connectivity index (χ4v) is 5.32. The van der Waals surface area contributed by atoms with E-state index in [0.29, 0.717) is 17.7 Å². The third kappa shape index (κ3) is 5.59. The third-order valence-corrected chi connectivity index (χ3v) is 7.76. The molecule has 0 amide bonds. The summed E-state index contributed by atoms with van der Waals surface area (Å²) in [6, 6.07) is 16.7. The first kappa shape index (κ1) is 25.8. The van der Waals surface area contributed by atoms with Gasteiger partial charge >= 0.3 is 0 Å². The van der Waals surface area contributed by atoms with Crippen LogP contribution in [-0.4, -0.2) is 42.5 Å². The Morgan fingerprint density at radius 1 is 1.11 bits per heavy atom. The van der Waals surface area contributed by atoms with E-state index in [1.807, 2.05) is 37.3 Å². The van der Waals surface area contributed by atoms with E-state index < -0.39 is 27.8 Å². The van der Waals surface area contributed by atoms with Crippen LogP contribution in [0.4, 0.5) is 5.69 Å². The van der Waals surface area contributed by atoms with Gasteiger partial charge in [-0.3, -0.25) is 4.79 Å². The van der Waals surface area contributed by atoms with Crippen molar-refractivity contribution < 1.29 is 23.1 Å². The average Bonchev–Trinajstić information content (AvgIpc) is 2.87. The number of aliphatic hydroxyl groups excluding tert-OH is 1. The third-order valence-electron chi connectivity index (χ3n) is 6.30. The van der Waals surface area contributed by atoms with E-state index in [2.05, 4.69) is 15.0 Å². The monoisotopic (exact) mass is 509 g/mol. The van der Waals surface area contributed by atoms with Crippen LogP contribution in [0.3, 0.4) is 0 Å². The van der Waals surface area contributed by atoms with Crippen LogP contribution in [0.1, 0.15) is 54.7 Å². The fraction of sp³-hybridized carbons (Fsp3) is 0.333. The van der Waals surface area contributed by atoms with Crippen molar-refractivity contribution in [1.29, 1.82) is 0 Å². The number of Topliss-reactive ketones (excluding diaryl/α,β-unsaturated/α-hetero) is 1. The second kappa shape index (κ2) is 10.4. The molecular formula is C27H31N3O5S. The van der Waals surface area contributed by atoms with Crippen LogP contribution in [0.2, 0.25) is 0 Å². The van der Waals surface area contributed by atoms with Gasteiger partial charge in [-0.1, -0.05) is 37.3 Å². The molecular weight excluding hydrogens is 478 g/mol. The van der Waals surface area contributed by atoms with E-state index >= 15 is 0 Å². The summed E-state index contributed by atoms with van der Waals surface area (Å²) < 4.78 is 34.9. The molecule has 0 spiro atoms. The van der Waals surface area contributed by atoms with Gasteiger partial charge in [0.25, 0.3) is 0 Å². The number of benzene rings is 2. The number of sulfonamides is 1. The number of para-hydroxylation sites is 1. The summed E-state index contributed by atoms with van der Waals surface area (Å²) in [5, 5.41) is 14.3. The highest BCUT2D eigenvalue weighted by molar-refractivity contribution is 7.89. The van der Waals surface area contributed by atoms with Crippen molar-refractivity contribution >= 4 is 21.5 Å². The molecule has 36 heavy (non-hydrogen) atoms. The molecule has 0 saturated carbocycles. The van der Waals surface area contributed by atoms with Gasteiger partial charge in [0.1, 0.15) is 11.7 Å². The van der Waals surface area contributed by atoms with Crippen LogP contribution >= 0.6 is 0 Å². The Balaban J connectivity index is 1.58. The largest absolute Gasteiger partial charge is 0.469 e. The van der Waals surface area contributed by atoms with Crippen molar-refractivity contribution in [1.82, 2.24) is 9.71 Å². The fourth-order valence-electron chi connectivity index (χ4n) is 4.10. The van der Waals surface area contributed by atoms with E-state index in [4.69, 9.17) is 4.74 Å². The number of carbonyl (C=O) groups is 1. The number of ether oxygens (including phenoxy) is 1. The number of aromatic nitrogens is 1. The Kier molecular flexibility index (Phi) is 7.44. The molecule has 0 unspecified atom stereocenters. The standard InChI is InChI=1S/C27H31N3O5S/c1-4-18-10-12-21(13-11-18)36(33,34)30-24-22-16-19(17-29-26(22)35-27(2,3)25(24)32)23(31)14-15-28-20-8-6-5-7-9-20/h5-13,16-17,24-25,28,30,32H,4,14-15H2,1-3H3/t24-,25+/m1/s1. The molecule has 1 aliphatic rings. The van der Waals surface area contributed by atoms with Gasteiger partial charge in [0.15, 0.2) is 5.78 Å². The number of anilines is 1. The predicted molar refractivity (Wildman–Crippen MR) is 138 cm³/mol. The number of aryl methyl sites for hydroxylation is 1. The molecule has 3 aromatic rings. The zero-order chi connectivity index (χ0) is 25.9. The van der Waals surface area contributed by atoms with Gasteiger partial charge in [0, 0.05) is 36.0 Å². The number of hydrogen-bond donors (Lipinski definition) is 3. The number of ketones is 1. The Morgan fingerprint density at radius 2 is 1.81 bits per heavy atom. The number of hydrogen-bond acceptors (Lipinski definition) is 7. The van der Waals surface area contributed by atoms with Crippen LogP contribution in [0.5, 0.6) is 5.88 Å². The van der Waals surface area contributed by atoms with Crippen LogP contribution in [0.25, 0.3) is 0 Å². The predicted octanol–water partition coefficient (Wildman–Crippen LogP) is 3.88. The summed E-state index contributed by atoms with van der Waals surface area (Å²) in [5.74, 6) is 0.0168. The maximum absolute atomic E-state index is 13.2. The average molecular weight is 510 g/mol. The minimum atomic E-state index is -3.98. The number of aliphatic hydroxyl groups is 1. The molecule has 2 aromatic carbocycles. The lowest BCUT2D eigenvalue weighted by atomic mass is 9.87. The minimum Gasteiger partial charge on any atom is -0.469 e. The number of carbonyl (C=O) groups excluding carboxylic acids is 1. The molecule has 0 radical (unpaired) electrons. The number of pyridine rings is 1. The van der Waals surface area contributed by atoms with Crippen molar-refractivity contribution in [3.05, 3.63) is 83.6 Å². The molecule has 0 fully saturated rings. The summed E-state index contributed by atoms with van der Waals surface area (Å²) in [4.78, 5) is 17.3. The van der Waals surface area contributed by atoms with Crippen LogP contribution in [-0.2, 0) is 16.4 Å². The minimum absolute atomic E-state index is 0.0879. The summed E-state index contributed by atoms with van der Waals surface area (Å²) >= 11 is 0. The van der Waals surface area contributed by atoms with E-state index in [1.165, 1.54) is 18.3 Å². The number of nitrogens with zero attached hydrogens (tertiary/aromatic N) is 1. The lowest BCUT2D eigenvalue weighted by Crippen LogP contribution is -2.53. The molecule has 9 heteroatoms. The summed E-state index contributed by atoms with van der Waals surface area (Å²) in [6.07, 6.45) is 1.20. The van der Waals surface area contributed by atoms with Gasteiger partial charge in [0.2, 0.25) is 15.9 Å². The highest BCUT2D eigenvalue weighted by Gasteiger charge is 2.45. The van der Waals surface area contributed by atoms with Crippen molar-refractivity contribution in [3.8, 4) is 5.88 Å². The smallest absolute Gasteiger partial charge is 0.241 e. The van der Waals surface area contributed by atoms with Crippen LogP contribution in [0, 0.1) is 0 Å². The molecule has 1 aromatic heterocycles. The van der Waals surface area contributed by atoms with Crippen molar-refractivity contribution in [2.45, 2.75) is 56.3 Å². The van der Waals surface area contributed by atoms with Gasteiger partial charge < -0.3 is 15.2 Å². The zero-order valence-electron chi connectivity index (χ0n) is 20.6. The van der Waals surface area contributed by atoms with Crippen LogP contribution in [0.15, 0.2) is 71.8 Å². The quantitative estimate of drug-likeness (QED) is 0.375. The van der Waals surface area contributed by atoms with Gasteiger partial charge in [-0.05, 0) is 56.2 Å². The van der Waals surface area contributed by atoms with Crippen molar-refractivity contribution in [3.63, 3.8) is 0 Å². The first-order chi connectivity index (χ1) is 17.1. The normalized spacial score (nSPS) is 18.7. The highest BCUT2D eigenvalue weighted by Crippen LogP contribution is 2.39. The van der Waals surface area contributed by atoms with Crippen LogP contribution < -0.4 is 14.8 Å². The number of nitrogens with one attached hydrogen (secondary N) is 2. The summed E-state index contributed by atoms with van der Waals surface area (Å²) in [7, 11) is -3.98. The highest BCUT2D eigenvalue weighted by atomic mass is 32.2. The molecule has 4 rings (SSSR count). The van der Waals surface area contributed by atoms with E-state index in [-0.39, 0.29) is 23.0 Å². The number of rotatable bonds is 9. The maximum atomic E-state index is 13.2. The van der Waals surface area contributed by atoms with Gasteiger partial charge in [-0.2, -0.15) is 0 Å². The van der Waals surface area contributed by atoms with E-state index in [0.717, 1.165) is 17.7 Å². The SMILES string of the molecule is CCc1ccc(S(=O)(=O)N[C@@H]2c3cc(C(=O)CCNc4ccccc4)cnc3OC(C)(C)[C@H]2O)cc1. The summed E-state index contributed by atoms with van der Waals surface area (Å²) in [6.45, 7) is 5.74. The Labute approximate surface area is 211 Å². The molecule has 0 saturated heterocycles. The topological polar surface area (TPSA) is 118 Å². The molecule has 190 valence electrons. The lowest BCUT2D eigenvalue weighted by Gasteiger charge is -2.41. The maximum Gasteiger partial charge on any atom is 0.241 e. The zero-order valence-corrected chi connectivity index (χ0v) is 21.4. The van der Waals surface area contributed by atoms with Gasteiger partial charge in [0.05, 0.1) is 10.9 Å². The lowest BCUT2D eigenvalue weighted by molar-refractivity contribution is -0.0632. The van der Waals surface area contributed by atoms with Gasteiger partial charge in [-0.15, -0.1) is 0 Å². The molecule has 2 atom stereocenters. The first-order valence-electron chi connectivity index (χ1n) is 11.9. The summed E-state index contributed by atoms with van der Waals surface area (Å²) in [5.41, 5.74) is 1.45. The number of fused-ring (bicyclic) bond motifs is 1. The Morgan fingerprint density at radius 3 is 2.47 bits per heavy atom. The molecule has 2 heterocycles. The van der Waals surface area contributed by atoms with E-state index in [9.17, 15) is 18.3 Å². The van der Waals surface area contributed by atoms with E-state index in [1.54, 1.807) is 32.0 Å². The first-order valence-corrected chi connectivity index (χ1v) is 13.4.